The lowest BCUT2D eigenvalue weighted by molar-refractivity contribution is -0.882. The van der Waals surface area contributed by atoms with Gasteiger partial charge in [0, 0.05) is 12.6 Å². The molecule has 9 heteroatoms. The third kappa shape index (κ3) is 4.17. The fraction of sp³-hybridized carbons (Fsp3) is 0.333. The number of aliphatic imine (C=N–C) groups is 1. The van der Waals surface area contributed by atoms with Crippen molar-refractivity contribution in [1.29, 1.82) is 0 Å². The van der Waals surface area contributed by atoms with Crippen LogP contribution in [0.2, 0.25) is 0 Å². The number of anilines is 1. The van der Waals surface area contributed by atoms with Crippen LogP contribution < -0.4 is 20.3 Å². The number of rotatable bonds is 3. The van der Waals surface area contributed by atoms with Crippen LogP contribution in [0.25, 0.3) is 0 Å². The fourth-order valence-electron chi connectivity index (χ4n) is 1.74. The molecule has 0 aromatic heterocycles. The van der Waals surface area contributed by atoms with Crippen molar-refractivity contribution in [3.05, 3.63) is 24.3 Å². The van der Waals surface area contributed by atoms with Crippen molar-refractivity contribution < 1.29 is 18.1 Å². The molecule has 0 spiro atoms. The van der Waals surface area contributed by atoms with E-state index >= 15 is 0 Å². The molecule has 1 aromatic carbocycles. The second-order valence-electron chi connectivity index (χ2n) is 4.79. The Kier molecular flexibility index (Phi) is 4.43. The maximum atomic E-state index is 12.2. The van der Waals surface area contributed by atoms with E-state index in [1.807, 2.05) is 7.05 Å². The second kappa shape index (κ2) is 6.10. The lowest BCUT2D eigenvalue weighted by Crippen LogP contribution is -3.11. The van der Waals surface area contributed by atoms with Gasteiger partial charge >= 0.3 is 0 Å². The molecule has 0 radical (unpaired) electrons. The Morgan fingerprint density at radius 3 is 2.52 bits per heavy atom. The first kappa shape index (κ1) is 15.3. The van der Waals surface area contributed by atoms with Crippen LogP contribution in [-0.4, -0.2) is 40.7 Å². The van der Waals surface area contributed by atoms with E-state index in [-0.39, 0.29) is 16.8 Å². The Labute approximate surface area is 123 Å². The molecule has 8 nitrogen and oxygen atoms in total. The number of quaternary nitrogens is 1. The van der Waals surface area contributed by atoms with Crippen molar-refractivity contribution in [2.75, 3.05) is 25.7 Å². The Hall–Kier alpha value is -2.13. The molecule has 2 rings (SSSR count). The lowest BCUT2D eigenvalue weighted by Gasteiger charge is -2.20. The molecule has 1 atom stereocenters. The average Bonchev–Trinajstić information content (AvgIpc) is 2.41. The Bertz CT molecular complexity index is 654. The standard InChI is InChI=1S/C12H17N5O3S/c1-9(18)15-10-3-5-11(6-4-10)21(19,20)16-12-13-7-17(2)8-14-12/h3-6H,7-8H2,1-2H3,(H,15,18)(H2,13,14,16)/p+1. The van der Waals surface area contributed by atoms with E-state index in [2.05, 4.69) is 20.3 Å². The van der Waals surface area contributed by atoms with Gasteiger partial charge in [0.1, 0.15) is 0 Å². The minimum atomic E-state index is -3.69. The summed E-state index contributed by atoms with van der Waals surface area (Å²) in [4.78, 5) is 16.3. The van der Waals surface area contributed by atoms with Gasteiger partial charge in [0.25, 0.3) is 10.0 Å². The second-order valence-corrected chi connectivity index (χ2v) is 6.47. The normalized spacial score (nSPS) is 18.4. The number of guanidine groups is 1. The number of hydrogen-bond acceptors (Lipinski definition) is 5. The molecule has 0 saturated carbocycles. The smallest absolute Gasteiger partial charge is 0.264 e. The van der Waals surface area contributed by atoms with Gasteiger partial charge < -0.3 is 15.5 Å². The Balaban J connectivity index is 2.10. The van der Waals surface area contributed by atoms with Crippen LogP contribution in [0.4, 0.5) is 5.69 Å². The summed E-state index contributed by atoms with van der Waals surface area (Å²) in [6.45, 7) is 2.49. The van der Waals surface area contributed by atoms with Crippen LogP contribution in [0, 0.1) is 0 Å². The third-order valence-electron chi connectivity index (χ3n) is 2.78. The number of benzene rings is 1. The molecule has 0 fully saturated rings. The van der Waals surface area contributed by atoms with Crippen LogP contribution in [-0.2, 0) is 14.8 Å². The van der Waals surface area contributed by atoms with Crippen molar-refractivity contribution in [3.8, 4) is 0 Å². The highest BCUT2D eigenvalue weighted by molar-refractivity contribution is 7.90. The predicted octanol–water partition coefficient (Wildman–Crippen LogP) is -1.69. The number of nitrogens with one attached hydrogen (secondary N) is 4. The van der Waals surface area contributed by atoms with Gasteiger partial charge in [0.05, 0.1) is 11.9 Å². The number of amides is 1. The Morgan fingerprint density at radius 1 is 1.33 bits per heavy atom. The summed E-state index contributed by atoms with van der Waals surface area (Å²) in [5.41, 5.74) is 0.541. The predicted molar refractivity (Wildman–Crippen MR) is 78.3 cm³/mol. The van der Waals surface area contributed by atoms with Crippen molar-refractivity contribution >= 4 is 27.6 Å². The number of carbonyl (C=O) groups is 1. The highest BCUT2D eigenvalue weighted by Gasteiger charge is 2.19. The Morgan fingerprint density at radius 2 is 2.00 bits per heavy atom. The molecule has 1 aliphatic rings. The molecule has 1 heterocycles. The molecule has 1 amide bonds. The van der Waals surface area contributed by atoms with E-state index in [1.165, 1.54) is 31.2 Å². The lowest BCUT2D eigenvalue weighted by atomic mass is 10.3. The number of nitrogens with zero attached hydrogens (tertiary/aromatic N) is 1. The van der Waals surface area contributed by atoms with E-state index in [4.69, 9.17) is 0 Å². The van der Waals surface area contributed by atoms with Gasteiger partial charge in [-0.3, -0.25) is 4.79 Å². The average molecular weight is 312 g/mol. The van der Waals surface area contributed by atoms with Gasteiger partial charge in [-0.1, -0.05) is 0 Å². The van der Waals surface area contributed by atoms with Crippen molar-refractivity contribution in [2.24, 2.45) is 4.99 Å². The molecule has 21 heavy (non-hydrogen) atoms. The third-order valence-corrected chi connectivity index (χ3v) is 4.14. The SMILES string of the molecule is CC(=O)Nc1ccc(S(=O)(=O)NC2=NC[NH+](C)CN2)cc1. The van der Waals surface area contributed by atoms with Gasteiger partial charge in [-0.2, -0.15) is 4.99 Å². The summed E-state index contributed by atoms with van der Waals surface area (Å²) >= 11 is 0. The summed E-state index contributed by atoms with van der Waals surface area (Å²) in [7, 11) is -1.74. The quantitative estimate of drug-likeness (QED) is 0.535. The van der Waals surface area contributed by atoms with Crippen LogP contribution in [0.5, 0.6) is 0 Å². The van der Waals surface area contributed by atoms with E-state index in [9.17, 15) is 13.2 Å². The topological polar surface area (TPSA) is 104 Å². The van der Waals surface area contributed by atoms with Crippen molar-refractivity contribution in [3.63, 3.8) is 0 Å². The number of carbonyl (C=O) groups excluding carboxylic acids is 1. The summed E-state index contributed by atoms with van der Waals surface area (Å²) in [6.07, 6.45) is 0. The van der Waals surface area contributed by atoms with Crippen LogP contribution in [0.1, 0.15) is 6.92 Å². The molecule has 0 aliphatic carbocycles. The zero-order valence-corrected chi connectivity index (χ0v) is 12.6. The van der Waals surface area contributed by atoms with Gasteiger partial charge in [-0.25, -0.2) is 13.1 Å². The highest BCUT2D eigenvalue weighted by Crippen LogP contribution is 2.13. The van der Waals surface area contributed by atoms with Crippen molar-refractivity contribution in [2.45, 2.75) is 11.8 Å². The molecule has 1 aliphatic heterocycles. The minimum absolute atomic E-state index is 0.104. The van der Waals surface area contributed by atoms with Crippen molar-refractivity contribution in [1.82, 2.24) is 10.0 Å². The van der Waals surface area contributed by atoms with E-state index < -0.39 is 10.0 Å². The summed E-state index contributed by atoms with van der Waals surface area (Å²) in [5.74, 6) is 0.0302. The summed E-state index contributed by atoms with van der Waals surface area (Å²) in [5, 5.41) is 5.47. The molecule has 0 saturated heterocycles. The van der Waals surface area contributed by atoms with Gasteiger partial charge in [-0.15, -0.1) is 0 Å². The number of hydrogen-bond donors (Lipinski definition) is 4. The van der Waals surface area contributed by atoms with Crippen LogP contribution >= 0.6 is 0 Å². The molecule has 114 valence electrons. The zero-order valence-electron chi connectivity index (χ0n) is 11.8. The highest BCUT2D eigenvalue weighted by atomic mass is 32.2. The summed E-state index contributed by atoms with van der Waals surface area (Å²) in [6, 6.07) is 5.91. The van der Waals surface area contributed by atoms with E-state index in [0.717, 1.165) is 4.90 Å². The molecule has 0 bridgehead atoms. The monoisotopic (exact) mass is 312 g/mol. The fourth-order valence-corrected chi connectivity index (χ4v) is 2.74. The maximum Gasteiger partial charge on any atom is 0.264 e. The first-order valence-electron chi connectivity index (χ1n) is 6.37. The number of sulfonamides is 1. The van der Waals surface area contributed by atoms with Crippen LogP contribution in [0.3, 0.4) is 0 Å². The molecule has 1 unspecified atom stereocenters. The van der Waals surface area contributed by atoms with Crippen LogP contribution in [0.15, 0.2) is 34.2 Å². The molecular weight excluding hydrogens is 294 g/mol. The molecular formula is C12H18N5O3S+. The van der Waals surface area contributed by atoms with Gasteiger partial charge in [0.2, 0.25) is 11.9 Å². The van der Waals surface area contributed by atoms with Gasteiger partial charge in [-0.05, 0) is 24.3 Å². The van der Waals surface area contributed by atoms with Gasteiger partial charge in [0.15, 0.2) is 13.3 Å². The van der Waals surface area contributed by atoms with E-state index in [1.54, 1.807) is 0 Å². The largest absolute Gasteiger partial charge is 0.326 e. The maximum absolute atomic E-state index is 12.2. The summed E-state index contributed by atoms with van der Waals surface area (Å²) < 4.78 is 26.8. The first-order chi connectivity index (χ1) is 9.87. The van der Waals surface area contributed by atoms with E-state index in [0.29, 0.717) is 19.0 Å². The first-order valence-corrected chi connectivity index (χ1v) is 7.85. The molecule has 4 N–H and O–H groups in total. The minimum Gasteiger partial charge on any atom is -0.326 e. The zero-order chi connectivity index (χ0) is 15.5. The molecule has 1 aromatic rings.